The summed E-state index contributed by atoms with van der Waals surface area (Å²) in [6.07, 6.45) is 130. The van der Waals surface area contributed by atoms with Crippen LogP contribution in [0.2, 0.25) is 0 Å². The topological polar surface area (TPSA) is 231 Å². The molecule has 0 aromatic rings. The van der Waals surface area contributed by atoms with Crippen LogP contribution < -0.4 is 0 Å². The van der Waals surface area contributed by atoms with Crippen LogP contribution in [-0.2, 0) is 55.8 Å². The Hall–Kier alpha value is -6.13. The Bertz CT molecular complexity index is 3120. The minimum atomic E-state index is -4.96. The largest absolute Gasteiger partial charge is 0.472 e. The molecule has 0 spiro atoms. The molecule has 0 aromatic carbocycles. The minimum Gasteiger partial charge on any atom is -0.463 e. The van der Waals surface area contributed by atoms with E-state index in [2.05, 4.69) is 240 Å². The molecule has 0 fully saturated rings. The lowest BCUT2D eigenvalue weighted by atomic mass is 10.0. The first kappa shape index (κ1) is 117. The molecule has 0 rings (SSSR count). The fourth-order valence-electron chi connectivity index (χ4n) is 12.5. The molecule has 0 bridgehead atoms. The van der Waals surface area contributed by atoms with Crippen LogP contribution in [0.5, 0.6) is 0 Å². The van der Waals surface area contributed by atoms with Gasteiger partial charge in [-0.05, 0) is 173 Å². The van der Waals surface area contributed by atoms with E-state index < -0.39 is 91.5 Å². The van der Waals surface area contributed by atoms with Gasteiger partial charge < -0.3 is 34.2 Å². The zero-order valence-electron chi connectivity index (χ0n) is 77.0. The van der Waals surface area contributed by atoms with Crippen LogP contribution in [0, 0.1) is 0 Å². The maximum absolute atomic E-state index is 13.1. The molecule has 5 unspecified atom stereocenters. The second kappa shape index (κ2) is 95.0. The van der Waals surface area contributed by atoms with Crippen LogP contribution in [-0.4, -0.2) is 95.9 Å². The number of carbonyl (C=O) groups is 3. The summed E-state index contributed by atoms with van der Waals surface area (Å²) < 4.78 is 61.6. The first-order valence-corrected chi connectivity index (χ1v) is 51.0. The normalized spacial score (nSPS) is 14.7. The Balaban J connectivity index is 4.72. The van der Waals surface area contributed by atoms with Crippen molar-refractivity contribution >= 4 is 33.6 Å². The molecular formula is C105H172O16P2. The maximum atomic E-state index is 13.1. The number of esters is 3. The average Bonchev–Trinajstić information content (AvgIpc) is 0.896. The van der Waals surface area contributed by atoms with Crippen LogP contribution in [0.4, 0.5) is 0 Å². The summed E-state index contributed by atoms with van der Waals surface area (Å²) in [6.45, 7) is 2.35. The van der Waals surface area contributed by atoms with E-state index in [4.69, 9.17) is 32.3 Å². The first-order chi connectivity index (χ1) is 60.2. The molecule has 0 amide bonds. The molecule has 0 aliphatic carbocycles. The predicted molar refractivity (Wildman–Crippen MR) is 518 cm³/mol. The van der Waals surface area contributed by atoms with Crippen molar-refractivity contribution in [1.82, 2.24) is 0 Å². The molecule has 0 radical (unpaired) electrons. The van der Waals surface area contributed by atoms with Gasteiger partial charge in [-0.15, -0.1) is 0 Å². The number of rotatable bonds is 89. The van der Waals surface area contributed by atoms with E-state index in [1.54, 1.807) is 0 Å². The van der Waals surface area contributed by atoms with Crippen LogP contribution in [0.1, 0.15) is 367 Å². The molecule has 0 aromatic heterocycles. The third-order valence-electron chi connectivity index (χ3n) is 19.7. The van der Waals surface area contributed by atoms with Gasteiger partial charge in [0.2, 0.25) is 0 Å². The van der Waals surface area contributed by atoms with Gasteiger partial charge in [0.1, 0.15) is 25.4 Å². The lowest BCUT2D eigenvalue weighted by Crippen LogP contribution is -2.30. The Kier molecular flexibility index (Phi) is 90.3. The number of aliphatic hydroxyl groups is 2. The fourth-order valence-corrected chi connectivity index (χ4v) is 14.1. The molecule has 0 saturated carbocycles. The molecule has 0 aliphatic heterocycles. The fraction of sp³-hybridized carbons (Fsp3) is 0.629. The molecule has 123 heavy (non-hydrogen) atoms. The van der Waals surface area contributed by atoms with E-state index in [0.29, 0.717) is 19.3 Å². The molecule has 5 atom stereocenters. The molecule has 0 saturated heterocycles. The quantitative estimate of drug-likeness (QED) is 0.0146. The lowest BCUT2D eigenvalue weighted by Gasteiger charge is -2.21. The number of hydrogen-bond donors (Lipinski definition) is 4. The van der Waals surface area contributed by atoms with Gasteiger partial charge in [-0.25, -0.2) is 9.13 Å². The number of carbonyl (C=O) groups excluding carboxylic acids is 3. The summed E-state index contributed by atoms with van der Waals surface area (Å²) >= 11 is 0. The highest BCUT2D eigenvalue weighted by molar-refractivity contribution is 7.47. The van der Waals surface area contributed by atoms with Crippen molar-refractivity contribution in [2.24, 2.45) is 0 Å². The summed E-state index contributed by atoms with van der Waals surface area (Å²) in [5.41, 5.74) is 0. The molecule has 4 N–H and O–H groups in total. The summed E-state index contributed by atoms with van der Waals surface area (Å²) in [6, 6.07) is 0. The van der Waals surface area contributed by atoms with E-state index in [1.807, 2.05) is 0 Å². The zero-order chi connectivity index (χ0) is 89.3. The van der Waals surface area contributed by atoms with Gasteiger partial charge >= 0.3 is 33.6 Å². The van der Waals surface area contributed by atoms with Crippen LogP contribution in [0.25, 0.3) is 0 Å². The number of hydrogen-bond acceptors (Lipinski definition) is 14. The van der Waals surface area contributed by atoms with Crippen molar-refractivity contribution in [2.45, 2.75) is 386 Å². The van der Waals surface area contributed by atoms with E-state index in [9.17, 15) is 43.5 Å². The highest BCUT2D eigenvalue weighted by Gasteiger charge is 2.30. The second-order valence-electron chi connectivity index (χ2n) is 31.4. The van der Waals surface area contributed by atoms with E-state index in [-0.39, 0.29) is 19.3 Å². The SMILES string of the molecule is CC/C=C\C/C=C\C/C=C\C/C=C\C/C=C\C/C=C\CCCCCCCCCCCCC(=O)OCC(O)COP(=O)(O)OCC(O)COP(=O)(O)OCC(COC(=O)CCCCCCCCCCCC/C=C\C/C=C\C/C=C\C/C=C\C/C=C\C/C=C\CC)OC(=O)CCCCCCCCCCCC/C=C\C/C=C\C/C=C\C/C=C\C/C=C\C/C=C\CC. The number of aliphatic hydroxyl groups excluding tert-OH is 2. The smallest absolute Gasteiger partial charge is 0.463 e. The third kappa shape index (κ3) is 96.4. The van der Waals surface area contributed by atoms with Crippen molar-refractivity contribution in [3.8, 4) is 0 Å². The number of unbranched alkanes of at least 4 members (excludes halogenated alkanes) is 30. The number of ether oxygens (including phenoxy) is 3. The molecular weight excluding hydrogens is 1580 g/mol. The minimum absolute atomic E-state index is 0.0897. The maximum Gasteiger partial charge on any atom is 0.472 e. The summed E-state index contributed by atoms with van der Waals surface area (Å²) in [5, 5.41) is 20.8. The monoisotopic (exact) mass is 1750 g/mol. The highest BCUT2D eigenvalue weighted by Crippen LogP contribution is 2.45. The van der Waals surface area contributed by atoms with Crippen molar-refractivity contribution in [1.29, 1.82) is 0 Å². The molecule has 0 heterocycles. The van der Waals surface area contributed by atoms with Gasteiger partial charge in [0, 0.05) is 19.3 Å². The number of allylic oxidation sites excluding steroid dienone is 36. The summed E-state index contributed by atoms with van der Waals surface area (Å²) in [4.78, 5) is 59.1. The van der Waals surface area contributed by atoms with E-state index >= 15 is 0 Å². The standard InChI is InChI=1S/C105H172O16P2/c1-4-7-10-13-16-19-22-25-28-31-34-37-40-43-46-49-52-55-58-61-64-67-70-73-76-79-82-85-88-91-103(108)115-94-100(106)95-117-122(111,112)118-96-101(107)97-119-123(113,114)120-99-102(121-105(110)93-90-87-84-81-78-75-72-69-66-63-60-57-54-51-48-45-42-39-36-33-30-27-24-21-18-15-12-9-6-3)98-116-104(109)92-89-86-83-80-77-74-71-68-65-62-59-56-53-50-47-44-41-38-35-32-29-26-23-20-17-14-11-8-5-2/h7-12,16-21,25-30,34-39,43-48,52-57,100-102,106-107H,4-6,13-15,22-24,31-33,40-42,49-51,58-99H2,1-3H3,(H,111,112)(H,113,114)/b10-7-,11-8-,12-9-,19-16-,20-17-,21-18-,28-25-,29-26-,30-27-,37-34-,38-35-,39-36-,46-43-,47-44-,48-45-,55-52-,56-53-,57-54-. The van der Waals surface area contributed by atoms with Gasteiger partial charge in [-0.1, -0.05) is 394 Å². The van der Waals surface area contributed by atoms with Gasteiger partial charge in [0.25, 0.3) is 0 Å². The number of phosphoric ester groups is 2. The first-order valence-electron chi connectivity index (χ1n) is 48.0. The molecule has 0 aliphatic rings. The molecule has 18 heteroatoms. The zero-order valence-corrected chi connectivity index (χ0v) is 78.8. The van der Waals surface area contributed by atoms with Crippen molar-refractivity contribution in [3.63, 3.8) is 0 Å². The Morgan fingerprint density at radius 1 is 0.228 bits per heavy atom. The predicted octanol–water partition coefficient (Wildman–Crippen LogP) is 30.1. The summed E-state index contributed by atoms with van der Waals surface area (Å²) in [7, 11) is -9.83. The lowest BCUT2D eigenvalue weighted by molar-refractivity contribution is -0.161. The number of phosphoric acid groups is 2. The Labute approximate surface area is 749 Å². The van der Waals surface area contributed by atoms with Crippen molar-refractivity contribution < 1.29 is 75.8 Å². The van der Waals surface area contributed by atoms with Crippen LogP contribution >= 0.6 is 15.6 Å². The van der Waals surface area contributed by atoms with Crippen LogP contribution in [0.3, 0.4) is 0 Å². The highest BCUT2D eigenvalue weighted by atomic mass is 31.2. The Morgan fingerprint density at radius 3 is 0.642 bits per heavy atom. The van der Waals surface area contributed by atoms with Gasteiger partial charge in [-0.2, -0.15) is 0 Å². The van der Waals surface area contributed by atoms with E-state index in [1.165, 1.54) is 96.3 Å². The Morgan fingerprint density at radius 2 is 0.407 bits per heavy atom. The van der Waals surface area contributed by atoms with Crippen molar-refractivity contribution in [2.75, 3.05) is 39.6 Å². The second-order valence-corrected chi connectivity index (χ2v) is 34.3. The molecule has 16 nitrogen and oxygen atoms in total. The van der Waals surface area contributed by atoms with E-state index in [0.717, 1.165) is 212 Å². The molecule has 698 valence electrons. The summed E-state index contributed by atoms with van der Waals surface area (Å²) in [5.74, 6) is -1.59. The van der Waals surface area contributed by atoms with Gasteiger partial charge in [-0.3, -0.25) is 32.5 Å². The van der Waals surface area contributed by atoms with Gasteiger partial charge in [0.05, 0.1) is 26.4 Å². The van der Waals surface area contributed by atoms with Gasteiger partial charge in [0.15, 0.2) is 6.10 Å². The van der Waals surface area contributed by atoms with Crippen molar-refractivity contribution in [3.05, 3.63) is 219 Å². The van der Waals surface area contributed by atoms with Crippen LogP contribution in [0.15, 0.2) is 219 Å². The third-order valence-corrected chi connectivity index (χ3v) is 21.6. The average molecular weight is 1750 g/mol.